The molecule has 0 saturated carbocycles. The fraction of sp³-hybridized carbons (Fsp3) is 0.0800. The first-order chi connectivity index (χ1) is 15.9. The smallest absolute Gasteiger partial charge is 0.283 e. The molecule has 1 N–H and O–H groups in total. The molecule has 0 spiro atoms. The summed E-state index contributed by atoms with van der Waals surface area (Å²) >= 11 is 12.4. The maximum absolute atomic E-state index is 13.1. The summed E-state index contributed by atoms with van der Waals surface area (Å²) in [6, 6.07) is 22.5. The first-order valence-electron chi connectivity index (χ1n) is 10.2. The van der Waals surface area contributed by atoms with E-state index in [1.54, 1.807) is 53.4 Å². The van der Waals surface area contributed by atoms with E-state index >= 15 is 0 Å². The number of imide groups is 1. The number of carbonyl (C=O) groups is 3. The van der Waals surface area contributed by atoms with Crippen molar-refractivity contribution in [1.82, 2.24) is 0 Å². The Bertz CT molecular complexity index is 1270. The molecule has 166 valence electrons. The Kier molecular flexibility index (Phi) is 6.49. The van der Waals surface area contributed by atoms with Crippen LogP contribution in [0.15, 0.2) is 89.6 Å². The van der Waals surface area contributed by atoms with Gasteiger partial charge in [-0.05, 0) is 49.4 Å². The van der Waals surface area contributed by atoms with E-state index in [4.69, 9.17) is 23.2 Å². The van der Waals surface area contributed by atoms with Crippen LogP contribution in [0.25, 0.3) is 0 Å². The SMILES string of the molecule is CCN(C(=O)c1cccc(NC2=C(Cl)C(=O)N(c3ccccc3Cl)C2=O)c1)c1ccccc1. The van der Waals surface area contributed by atoms with Crippen LogP contribution in [0.1, 0.15) is 17.3 Å². The van der Waals surface area contributed by atoms with Crippen molar-refractivity contribution in [3.8, 4) is 0 Å². The van der Waals surface area contributed by atoms with Crippen molar-refractivity contribution in [2.24, 2.45) is 0 Å². The number of rotatable bonds is 6. The van der Waals surface area contributed by atoms with Crippen LogP contribution >= 0.6 is 23.2 Å². The number of halogens is 2. The van der Waals surface area contributed by atoms with E-state index in [9.17, 15) is 14.4 Å². The fourth-order valence-electron chi connectivity index (χ4n) is 3.54. The molecule has 1 aliphatic heterocycles. The molecule has 0 aromatic heterocycles. The number of amides is 3. The first-order valence-corrected chi connectivity index (χ1v) is 10.9. The fourth-order valence-corrected chi connectivity index (χ4v) is 3.98. The number of anilines is 3. The lowest BCUT2D eigenvalue weighted by atomic mass is 10.1. The van der Waals surface area contributed by atoms with Gasteiger partial charge >= 0.3 is 0 Å². The van der Waals surface area contributed by atoms with Crippen molar-refractivity contribution >= 4 is 58.0 Å². The standard InChI is InChI=1S/C25H19Cl2N3O3/c1-2-29(18-11-4-3-5-12-18)23(31)16-9-8-10-17(15-16)28-22-21(27)24(32)30(25(22)33)20-14-7-6-13-19(20)26/h3-15,28H,2H2,1H3. The molecule has 0 radical (unpaired) electrons. The molecule has 3 amide bonds. The molecule has 1 aliphatic rings. The van der Waals surface area contributed by atoms with Crippen LogP contribution in [-0.2, 0) is 9.59 Å². The van der Waals surface area contributed by atoms with Crippen LogP contribution in [0.2, 0.25) is 5.02 Å². The summed E-state index contributed by atoms with van der Waals surface area (Å²) in [7, 11) is 0. The summed E-state index contributed by atoms with van der Waals surface area (Å²) in [5.74, 6) is -1.50. The van der Waals surface area contributed by atoms with E-state index < -0.39 is 11.8 Å². The predicted molar refractivity (Wildman–Crippen MR) is 131 cm³/mol. The summed E-state index contributed by atoms with van der Waals surface area (Å²) < 4.78 is 0. The molecular formula is C25H19Cl2N3O3. The minimum Gasteiger partial charge on any atom is -0.350 e. The van der Waals surface area contributed by atoms with Gasteiger partial charge in [0.1, 0.15) is 10.7 Å². The number of hydrogen-bond donors (Lipinski definition) is 1. The normalized spacial score (nSPS) is 13.5. The largest absolute Gasteiger partial charge is 0.350 e. The van der Waals surface area contributed by atoms with Crippen LogP contribution < -0.4 is 15.1 Å². The van der Waals surface area contributed by atoms with E-state index in [1.807, 2.05) is 37.3 Å². The third-order valence-electron chi connectivity index (χ3n) is 5.13. The van der Waals surface area contributed by atoms with Crippen molar-refractivity contribution in [3.63, 3.8) is 0 Å². The quantitative estimate of drug-likeness (QED) is 0.477. The van der Waals surface area contributed by atoms with Gasteiger partial charge in [-0.3, -0.25) is 14.4 Å². The zero-order valence-corrected chi connectivity index (χ0v) is 19.1. The summed E-state index contributed by atoms with van der Waals surface area (Å²) in [5.41, 5.74) is 1.81. The van der Waals surface area contributed by atoms with Crippen molar-refractivity contribution in [3.05, 3.63) is 100 Å². The van der Waals surface area contributed by atoms with Crippen molar-refractivity contribution < 1.29 is 14.4 Å². The first kappa shape index (κ1) is 22.6. The minimum absolute atomic E-state index is 0.0819. The Morgan fingerprint density at radius 1 is 0.909 bits per heavy atom. The Balaban J connectivity index is 1.60. The molecule has 0 fully saturated rings. The van der Waals surface area contributed by atoms with E-state index in [0.717, 1.165) is 10.6 Å². The Hall–Kier alpha value is -3.61. The second kappa shape index (κ2) is 9.48. The average molecular weight is 480 g/mol. The van der Waals surface area contributed by atoms with Gasteiger partial charge in [-0.1, -0.05) is 59.6 Å². The third kappa shape index (κ3) is 4.35. The lowest BCUT2D eigenvalue weighted by molar-refractivity contribution is -0.120. The topological polar surface area (TPSA) is 69.7 Å². The number of hydrogen-bond acceptors (Lipinski definition) is 4. The lowest BCUT2D eigenvalue weighted by Crippen LogP contribution is -2.32. The van der Waals surface area contributed by atoms with Gasteiger partial charge in [0, 0.05) is 23.5 Å². The molecule has 33 heavy (non-hydrogen) atoms. The van der Waals surface area contributed by atoms with Crippen molar-refractivity contribution in [1.29, 1.82) is 0 Å². The maximum Gasteiger partial charge on any atom is 0.283 e. The summed E-state index contributed by atoms with van der Waals surface area (Å²) in [5, 5.41) is 2.90. The highest BCUT2D eigenvalue weighted by molar-refractivity contribution is 6.53. The molecule has 4 rings (SSSR count). The lowest BCUT2D eigenvalue weighted by Gasteiger charge is -2.21. The maximum atomic E-state index is 13.1. The molecule has 6 nitrogen and oxygen atoms in total. The van der Waals surface area contributed by atoms with Crippen molar-refractivity contribution in [2.75, 3.05) is 21.7 Å². The molecule has 3 aromatic carbocycles. The second-order valence-corrected chi connectivity index (χ2v) is 7.96. The van der Waals surface area contributed by atoms with Gasteiger partial charge in [0.25, 0.3) is 17.7 Å². The van der Waals surface area contributed by atoms with E-state index in [1.165, 1.54) is 0 Å². The summed E-state index contributed by atoms with van der Waals surface area (Å²) in [6.07, 6.45) is 0. The summed E-state index contributed by atoms with van der Waals surface area (Å²) in [6.45, 7) is 2.38. The predicted octanol–water partition coefficient (Wildman–Crippen LogP) is 5.44. The molecule has 3 aromatic rings. The molecule has 8 heteroatoms. The molecule has 0 saturated heterocycles. The Morgan fingerprint density at radius 3 is 2.30 bits per heavy atom. The van der Waals surface area contributed by atoms with Gasteiger partial charge in [-0.25, -0.2) is 4.90 Å². The monoisotopic (exact) mass is 479 g/mol. The van der Waals surface area contributed by atoms with E-state index in [2.05, 4.69) is 5.32 Å². The van der Waals surface area contributed by atoms with Crippen LogP contribution in [0.3, 0.4) is 0 Å². The highest BCUT2D eigenvalue weighted by Crippen LogP contribution is 2.34. The number of benzene rings is 3. The zero-order chi connectivity index (χ0) is 23.5. The highest BCUT2D eigenvalue weighted by Gasteiger charge is 2.39. The molecule has 0 aliphatic carbocycles. The molecule has 0 bridgehead atoms. The minimum atomic E-state index is -0.675. The van der Waals surface area contributed by atoms with Gasteiger partial charge in [0.05, 0.1) is 10.7 Å². The van der Waals surface area contributed by atoms with E-state index in [0.29, 0.717) is 17.8 Å². The average Bonchev–Trinajstić information content (AvgIpc) is 3.04. The number of para-hydroxylation sites is 2. The molecular weight excluding hydrogens is 461 g/mol. The van der Waals surface area contributed by atoms with Gasteiger partial charge < -0.3 is 10.2 Å². The number of nitrogens with one attached hydrogen (secondary N) is 1. The highest BCUT2D eigenvalue weighted by atomic mass is 35.5. The summed E-state index contributed by atoms with van der Waals surface area (Å²) in [4.78, 5) is 41.4. The third-order valence-corrected chi connectivity index (χ3v) is 5.80. The van der Waals surface area contributed by atoms with E-state index in [-0.39, 0.29) is 27.3 Å². The van der Waals surface area contributed by atoms with Crippen LogP contribution in [0.5, 0.6) is 0 Å². The second-order valence-electron chi connectivity index (χ2n) is 7.18. The van der Waals surface area contributed by atoms with Crippen LogP contribution in [0.4, 0.5) is 17.1 Å². The number of carbonyl (C=O) groups excluding carboxylic acids is 3. The van der Waals surface area contributed by atoms with Crippen LogP contribution in [0, 0.1) is 0 Å². The Labute approximate surface area is 201 Å². The van der Waals surface area contributed by atoms with Gasteiger partial charge in [-0.15, -0.1) is 0 Å². The Morgan fingerprint density at radius 2 is 1.61 bits per heavy atom. The molecule has 1 heterocycles. The van der Waals surface area contributed by atoms with Crippen molar-refractivity contribution in [2.45, 2.75) is 6.92 Å². The van der Waals surface area contributed by atoms with Gasteiger partial charge in [0.2, 0.25) is 0 Å². The van der Waals surface area contributed by atoms with Gasteiger partial charge in [-0.2, -0.15) is 0 Å². The van der Waals surface area contributed by atoms with Crippen LogP contribution in [-0.4, -0.2) is 24.3 Å². The number of nitrogens with zero attached hydrogens (tertiary/aromatic N) is 2. The zero-order valence-electron chi connectivity index (χ0n) is 17.6. The molecule has 0 atom stereocenters. The van der Waals surface area contributed by atoms with Gasteiger partial charge in [0.15, 0.2) is 0 Å². The molecule has 0 unspecified atom stereocenters.